The summed E-state index contributed by atoms with van der Waals surface area (Å²) in [6.07, 6.45) is 2.52. The van der Waals surface area contributed by atoms with Crippen molar-refractivity contribution in [3.8, 4) is 0 Å². The summed E-state index contributed by atoms with van der Waals surface area (Å²) in [4.78, 5) is 17.6. The average Bonchev–Trinajstić information content (AvgIpc) is 3.55. The van der Waals surface area contributed by atoms with Gasteiger partial charge in [0.2, 0.25) is 5.91 Å². The molecule has 10 heteroatoms. The molecular formula is C29H36F3N3O4. The number of nitrogens with zero attached hydrogens (tertiary/aromatic N) is 2. The molecule has 1 amide bonds. The first-order valence-corrected chi connectivity index (χ1v) is 14.1. The first-order valence-electron chi connectivity index (χ1n) is 14.1. The molecule has 2 saturated heterocycles. The molecule has 4 heterocycles. The lowest BCUT2D eigenvalue weighted by molar-refractivity contribution is -0.137. The number of carbonyl (C=O) groups is 1. The highest BCUT2D eigenvalue weighted by atomic mass is 19.4. The lowest BCUT2D eigenvalue weighted by Gasteiger charge is -2.30. The largest absolute Gasteiger partial charge is 0.466 e. The van der Waals surface area contributed by atoms with Crippen molar-refractivity contribution in [3.05, 3.63) is 58.5 Å². The van der Waals surface area contributed by atoms with Gasteiger partial charge in [-0.2, -0.15) is 13.2 Å². The van der Waals surface area contributed by atoms with Gasteiger partial charge in [-0.25, -0.2) is 0 Å². The molecule has 4 aliphatic rings. The van der Waals surface area contributed by atoms with Crippen LogP contribution in [0, 0.1) is 0 Å². The number of likely N-dealkylation sites (tertiary alicyclic amines) is 1. The van der Waals surface area contributed by atoms with Crippen molar-refractivity contribution < 1.29 is 31.9 Å². The summed E-state index contributed by atoms with van der Waals surface area (Å²) in [6.45, 7) is 4.08. The van der Waals surface area contributed by atoms with Crippen LogP contribution in [0.3, 0.4) is 0 Å². The maximum atomic E-state index is 13.2. The molecule has 1 aromatic heterocycles. The van der Waals surface area contributed by atoms with E-state index in [1.807, 2.05) is 11.0 Å². The molecule has 6 rings (SSSR count). The fourth-order valence-corrected chi connectivity index (χ4v) is 6.61. The number of fused-ring (bicyclic) bond motifs is 2. The molecule has 39 heavy (non-hydrogen) atoms. The van der Waals surface area contributed by atoms with E-state index in [-0.39, 0.29) is 30.7 Å². The Morgan fingerprint density at radius 2 is 1.95 bits per heavy atom. The monoisotopic (exact) mass is 547 g/mol. The zero-order valence-corrected chi connectivity index (χ0v) is 22.0. The van der Waals surface area contributed by atoms with E-state index in [1.54, 1.807) is 12.3 Å². The van der Waals surface area contributed by atoms with Crippen molar-refractivity contribution in [2.75, 3.05) is 39.4 Å². The number of hydrogen-bond acceptors (Lipinski definition) is 6. The molecule has 2 aromatic rings. The van der Waals surface area contributed by atoms with Crippen molar-refractivity contribution in [3.63, 3.8) is 0 Å². The number of aryl methyl sites for hydroxylation is 1. The average molecular weight is 548 g/mol. The fraction of sp³-hybridized carbons (Fsp3) is 0.621. The van der Waals surface area contributed by atoms with Crippen LogP contribution < -0.4 is 5.32 Å². The molecule has 4 atom stereocenters. The summed E-state index contributed by atoms with van der Waals surface area (Å²) in [5, 5.41) is 3.22. The Morgan fingerprint density at radius 3 is 2.82 bits per heavy atom. The summed E-state index contributed by atoms with van der Waals surface area (Å²) in [6, 6.07) is 6.15. The van der Waals surface area contributed by atoms with E-state index in [0.717, 1.165) is 69.3 Å². The summed E-state index contributed by atoms with van der Waals surface area (Å²) >= 11 is 0. The molecule has 2 fully saturated rings. The molecular weight excluding hydrogens is 511 g/mol. The third-order valence-corrected chi connectivity index (χ3v) is 8.66. The second-order valence-electron chi connectivity index (χ2n) is 11.3. The molecule has 1 aliphatic carbocycles. The lowest BCUT2D eigenvalue weighted by Crippen LogP contribution is -2.48. The van der Waals surface area contributed by atoms with Gasteiger partial charge in [0.1, 0.15) is 11.9 Å². The number of ether oxygens (including phenoxy) is 2. The van der Waals surface area contributed by atoms with Gasteiger partial charge in [-0.3, -0.25) is 14.6 Å². The van der Waals surface area contributed by atoms with Crippen molar-refractivity contribution >= 4 is 5.91 Å². The minimum absolute atomic E-state index is 0.113. The predicted molar refractivity (Wildman–Crippen MR) is 137 cm³/mol. The third kappa shape index (κ3) is 6.04. The summed E-state index contributed by atoms with van der Waals surface area (Å²) < 4.78 is 57.6. The van der Waals surface area contributed by atoms with Gasteiger partial charge < -0.3 is 19.2 Å². The Bertz CT molecular complexity index is 1160. The van der Waals surface area contributed by atoms with Crippen LogP contribution in [0.4, 0.5) is 13.2 Å². The zero-order valence-electron chi connectivity index (χ0n) is 22.0. The molecule has 0 saturated carbocycles. The molecule has 0 radical (unpaired) electrons. The van der Waals surface area contributed by atoms with Gasteiger partial charge in [-0.15, -0.1) is 0 Å². The lowest BCUT2D eigenvalue weighted by atomic mass is 9.97. The molecule has 7 nitrogen and oxygen atoms in total. The van der Waals surface area contributed by atoms with E-state index in [1.165, 1.54) is 11.6 Å². The van der Waals surface area contributed by atoms with Gasteiger partial charge >= 0.3 is 6.18 Å². The molecule has 3 aliphatic heterocycles. The maximum absolute atomic E-state index is 13.2. The molecule has 4 unspecified atom stereocenters. The van der Waals surface area contributed by atoms with E-state index in [2.05, 4.69) is 10.2 Å². The van der Waals surface area contributed by atoms with Gasteiger partial charge in [-0.05, 0) is 73.4 Å². The van der Waals surface area contributed by atoms with Crippen LogP contribution in [0.5, 0.6) is 0 Å². The van der Waals surface area contributed by atoms with Crippen molar-refractivity contribution in [1.29, 1.82) is 0 Å². The minimum atomic E-state index is -4.38. The fourth-order valence-electron chi connectivity index (χ4n) is 6.61. The SMILES string of the molecule is O=C(CN1CCc2ccc(C(F)(F)F)cc2C1)NC1CN(C2CCCOCC2)CC1OC1CCc2ccoc21. The van der Waals surface area contributed by atoms with Gasteiger partial charge in [0, 0.05) is 45.4 Å². The van der Waals surface area contributed by atoms with E-state index in [9.17, 15) is 18.0 Å². The minimum Gasteiger partial charge on any atom is -0.466 e. The number of alkyl halides is 3. The van der Waals surface area contributed by atoms with Crippen LogP contribution in [0.1, 0.15) is 59.8 Å². The number of nitrogens with one attached hydrogen (secondary N) is 1. The van der Waals surface area contributed by atoms with Gasteiger partial charge in [-0.1, -0.05) is 6.07 Å². The number of halogens is 3. The van der Waals surface area contributed by atoms with E-state index in [4.69, 9.17) is 13.9 Å². The third-order valence-electron chi connectivity index (χ3n) is 8.66. The second kappa shape index (κ2) is 11.2. The van der Waals surface area contributed by atoms with Gasteiger partial charge in [0.25, 0.3) is 0 Å². The highest BCUT2D eigenvalue weighted by Gasteiger charge is 2.41. The Hall–Kier alpha value is -2.40. The van der Waals surface area contributed by atoms with Crippen LogP contribution in [0.15, 0.2) is 34.9 Å². The Morgan fingerprint density at radius 1 is 1.05 bits per heavy atom. The highest BCUT2D eigenvalue weighted by molar-refractivity contribution is 5.78. The van der Waals surface area contributed by atoms with Crippen molar-refractivity contribution in [2.24, 2.45) is 0 Å². The van der Waals surface area contributed by atoms with Crippen LogP contribution in [-0.2, 0) is 39.8 Å². The Kier molecular flexibility index (Phi) is 7.72. The molecule has 1 aromatic carbocycles. The molecule has 0 spiro atoms. The van der Waals surface area contributed by atoms with E-state index >= 15 is 0 Å². The smallest absolute Gasteiger partial charge is 0.416 e. The van der Waals surface area contributed by atoms with Crippen molar-refractivity contribution in [2.45, 2.75) is 75.5 Å². The molecule has 212 valence electrons. The Balaban J connectivity index is 1.11. The zero-order chi connectivity index (χ0) is 27.0. The van der Waals surface area contributed by atoms with Crippen molar-refractivity contribution in [1.82, 2.24) is 15.1 Å². The first kappa shape index (κ1) is 26.8. The number of hydrogen-bond donors (Lipinski definition) is 1. The first-order chi connectivity index (χ1) is 18.8. The number of rotatable bonds is 6. The van der Waals surface area contributed by atoms with Gasteiger partial charge in [0.15, 0.2) is 0 Å². The van der Waals surface area contributed by atoms with E-state index < -0.39 is 11.7 Å². The van der Waals surface area contributed by atoms with Crippen LogP contribution in [0.2, 0.25) is 0 Å². The topological polar surface area (TPSA) is 67.2 Å². The maximum Gasteiger partial charge on any atom is 0.416 e. The summed E-state index contributed by atoms with van der Waals surface area (Å²) in [5.74, 6) is 0.770. The van der Waals surface area contributed by atoms with Crippen LogP contribution in [0.25, 0.3) is 0 Å². The predicted octanol–water partition coefficient (Wildman–Crippen LogP) is 4.10. The number of amides is 1. The second-order valence-corrected chi connectivity index (χ2v) is 11.3. The number of furan rings is 1. The number of carbonyl (C=O) groups excluding carboxylic acids is 1. The molecule has 0 bridgehead atoms. The summed E-state index contributed by atoms with van der Waals surface area (Å²) in [5.41, 5.74) is 2.11. The number of benzene rings is 1. The van der Waals surface area contributed by atoms with E-state index in [0.29, 0.717) is 37.7 Å². The standard InChI is InChI=1S/C29H36F3N3O4/c30-29(31,32)22-5-3-19-7-10-34(15-21(19)14-22)18-27(36)33-24-16-35(23-2-1-11-37-12-9-23)17-26(24)39-25-6-4-20-8-13-38-28(20)25/h3,5,8,13-14,23-26H,1-2,4,6-7,9-12,15-18H2,(H,33,36). The van der Waals surface area contributed by atoms with Crippen LogP contribution in [-0.4, -0.2) is 73.3 Å². The quantitative estimate of drug-likeness (QED) is 0.588. The normalized spacial score (nSPS) is 28.2. The Labute approximate surface area is 226 Å². The van der Waals surface area contributed by atoms with Crippen LogP contribution >= 0.6 is 0 Å². The van der Waals surface area contributed by atoms with Gasteiger partial charge in [0.05, 0.1) is 30.5 Å². The highest BCUT2D eigenvalue weighted by Crippen LogP contribution is 2.37. The summed E-state index contributed by atoms with van der Waals surface area (Å²) in [7, 11) is 0. The molecule has 1 N–H and O–H groups in total.